The molecule has 4 aromatic rings. The Bertz CT molecular complexity index is 1560. The van der Waals surface area contributed by atoms with E-state index in [1.807, 2.05) is 84.8 Å². The molecular formula is C31H37N5O3. The summed E-state index contributed by atoms with van der Waals surface area (Å²) in [7, 11) is 3.72. The van der Waals surface area contributed by atoms with Crippen LogP contribution in [0.1, 0.15) is 38.3 Å². The Morgan fingerprint density at radius 2 is 1.67 bits per heavy atom. The van der Waals surface area contributed by atoms with Crippen LogP contribution in [0.25, 0.3) is 21.8 Å². The van der Waals surface area contributed by atoms with E-state index in [1.54, 1.807) is 0 Å². The van der Waals surface area contributed by atoms with E-state index in [1.165, 1.54) is 0 Å². The second-order valence-corrected chi connectivity index (χ2v) is 11.2. The van der Waals surface area contributed by atoms with E-state index < -0.39 is 11.6 Å². The van der Waals surface area contributed by atoms with Crippen molar-refractivity contribution in [3.8, 4) is 0 Å². The molecule has 0 radical (unpaired) electrons. The van der Waals surface area contributed by atoms with Crippen molar-refractivity contribution in [2.75, 3.05) is 27.2 Å². The summed E-state index contributed by atoms with van der Waals surface area (Å²) < 4.78 is 1.82. The van der Waals surface area contributed by atoms with Gasteiger partial charge >= 0.3 is 5.69 Å². The first kappa shape index (κ1) is 26.7. The summed E-state index contributed by atoms with van der Waals surface area (Å²) in [6.45, 7) is 4.75. The quantitative estimate of drug-likeness (QED) is 0.383. The molecule has 3 aromatic carbocycles. The third kappa shape index (κ3) is 5.34. The van der Waals surface area contributed by atoms with E-state index in [2.05, 4.69) is 34.6 Å². The number of aromatic nitrogens is 2. The second kappa shape index (κ2) is 10.7. The molecule has 8 nitrogen and oxygen atoms in total. The maximum atomic E-state index is 13.9. The van der Waals surface area contributed by atoms with Gasteiger partial charge < -0.3 is 15.2 Å². The minimum Gasteiger partial charge on any atom is -0.342 e. The number of carbonyl (C=O) groups excluding carboxylic acids is 2. The van der Waals surface area contributed by atoms with E-state index in [9.17, 15) is 14.4 Å². The highest BCUT2D eigenvalue weighted by atomic mass is 16.2. The summed E-state index contributed by atoms with van der Waals surface area (Å²) >= 11 is 0. The van der Waals surface area contributed by atoms with Crippen LogP contribution >= 0.6 is 0 Å². The number of piperidine rings is 1. The molecule has 0 aliphatic carbocycles. The van der Waals surface area contributed by atoms with Crippen molar-refractivity contribution >= 4 is 33.6 Å². The van der Waals surface area contributed by atoms with Crippen LogP contribution in [0.2, 0.25) is 0 Å². The molecule has 1 fully saturated rings. The number of hydrogen-bond acceptors (Lipinski definition) is 4. The molecule has 1 atom stereocenters. The first-order chi connectivity index (χ1) is 18.6. The zero-order valence-electron chi connectivity index (χ0n) is 23.1. The predicted octanol–water partition coefficient (Wildman–Crippen LogP) is 3.71. The van der Waals surface area contributed by atoms with Crippen molar-refractivity contribution in [2.45, 2.75) is 50.7 Å². The van der Waals surface area contributed by atoms with Gasteiger partial charge in [0.15, 0.2) is 0 Å². The van der Waals surface area contributed by atoms with Crippen LogP contribution in [0.4, 0.5) is 0 Å². The van der Waals surface area contributed by atoms with Gasteiger partial charge in [0, 0.05) is 25.6 Å². The molecule has 1 aromatic heterocycles. The molecule has 0 unspecified atom stereocenters. The third-order valence-electron chi connectivity index (χ3n) is 8.30. The van der Waals surface area contributed by atoms with Gasteiger partial charge in [0.25, 0.3) is 0 Å². The molecule has 1 saturated heterocycles. The van der Waals surface area contributed by atoms with Gasteiger partial charge in [-0.05, 0) is 69.3 Å². The Labute approximate surface area is 228 Å². The predicted molar refractivity (Wildman–Crippen MR) is 155 cm³/mol. The molecule has 8 heteroatoms. The van der Waals surface area contributed by atoms with Gasteiger partial charge in [-0.3, -0.25) is 19.1 Å². The summed E-state index contributed by atoms with van der Waals surface area (Å²) in [5.74, 6) is -0.275. The molecule has 1 aliphatic rings. The topological polar surface area (TPSA) is 90.4 Å². The fourth-order valence-corrected chi connectivity index (χ4v) is 5.34. The summed E-state index contributed by atoms with van der Waals surface area (Å²) in [6.07, 6.45) is 1.75. The number of fused-ring (bicyclic) bond motifs is 2. The minimum atomic E-state index is -0.772. The normalized spacial score (nSPS) is 15.7. The number of H-pyrrole nitrogens is 1. The highest BCUT2D eigenvalue weighted by Gasteiger charge is 2.36. The lowest BCUT2D eigenvalue weighted by Gasteiger charge is -2.37. The van der Waals surface area contributed by atoms with Gasteiger partial charge in [0.05, 0.1) is 16.6 Å². The maximum Gasteiger partial charge on any atom is 0.326 e. The molecular weight excluding hydrogens is 490 g/mol. The molecule has 2 N–H and O–H groups in total. The molecule has 1 aliphatic heterocycles. The number of para-hydroxylation sites is 2. The Balaban J connectivity index is 1.35. The average molecular weight is 528 g/mol. The van der Waals surface area contributed by atoms with E-state index in [-0.39, 0.29) is 23.5 Å². The van der Waals surface area contributed by atoms with E-state index >= 15 is 0 Å². The number of imidazole rings is 1. The number of benzene rings is 3. The minimum absolute atomic E-state index is 0.0129. The summed E-state index contributed by atoms with van der Waals surface area (Å²) in [4.78, 5) is 46.5. The van der Waals surface area contributed by atoms with Gasteiger partial charge in [0.1, 0.15) is 6.04 Å². The monoisotopic (exact) mass is 527 g/mol. The van der Waals surface area contributed by atoms with Gasteiger partial charge in [-0.2, -0.15) is 0 Å². The van der Waals surface area contributed by atoms with Crippen LogP contribution in [0.15, 0.2) is 71.5 Å². The molecule has 2 heterocycles. The van der Waals surface area contributed by atoms with Crippen molar-refractivity contribution < 1.29 is 9.59 Å². The number of nitrogens with zero attached hydrogens (tertiary/aromatic N) is 3. The molecule has 0 spiro atoms. The van der Waals surface area contributed by atoms with Crippen molar-refractivity contribution in [1.29, 1.82) is 0 Å². The first-order valence-electron chi connectivity index (χ1n) is 13.6. The molecule has 0 bridgehead atoms. The summed E-state index contributed by atoms with van der Waals surface area (Å²) in [5, 5.41) is 5.31. The largest absolute Gasteiger partial charge is 0.342 e. The summed E-state index contributed by atoms with van der Waals surface area (Å²) in [5.41, 5.74) is 1.82. The lowest BCUT2D eigenvalue weighted by Crippen LogP contribution is -2.58. The lowest BCUT2D eigenvalue weighted by molar-refractivity contribution is -0.140. The number of amides is 2. The van der Waals surface area contributed by atoms with E-state index in [4.69, 9.17) is 0 Å². The molecule has 39 heavy (non-hydrogen) atoms. The zero-order valence-corrected chi connectivity index (χ0v) is 23.1. The van der Waals surface area contributed by atoms with Crippen LogP contribution in [0.3, 0.4) is 0 Å². The van der Waals surface area contributed by atoms with E-state index in [0.29, 0.717) is 32.4 Å². The Kier molecular flexibility index (Phi) is 7.32. The number of hydrogen-bond donors (Lipinski definition) is 2. The number of likely N-dealkylation sites (tertiary alicyclic amines) is 1. The smallest absolute Gasteiger partial charge is 0.326 e. The Morgan fingerprint density at radius 1 is 1.00 bits per heavy atom. The highest BCUT2D eigenvalue weighted by Crippen LogP contribution is 2.26. The van der Waals surface area contributed by atoms with Crippen LogP contribution in [-0.2, 0) is 16.0 Å². The maximum absolute atomic E-state index is 13.9. The van der Waals surface area contributed by atoms with Crippen LogP contribution in [0, 0.1) is 0 Å². The number of rotatable bonds is 7. The van der Waals surface area contributed by atoms with Crippen molar-refractivity contribution in [1.82, 2.24) is 24.7 Å². The average Bonchev–Trinajstić information content (AvgIpc) is 3.27. The van der Waals surface area contributed by atoms with Crippen molar-refractivity contribution in [2.24, 2.45) is 0 Å². The highest BCUT2D eigenvalue weighted by molar-refractivity contribution is 5.92. The molecule has 0 saturated carbocycles. The third-order valence-corrected chi connectivity index (χ3v) is 8.30. The molecule has 5 rings (SSSR count). The van der Waals surface area contributed by atoms with Crippen LogP contribution in [-0.4, -0.2) is 69.9 Å². The Morgan fingerprint density at radius 3 is 2.38 bits per heavy atom. The van der Waals surface area contributed by atoms with E-state index in [0.717, 1.165) is 27.4 Å². The number of aromatic amines is 1. The molecule has 204 valence electrons. The van der Waals surface area contributed by atoms with Gasteiger partial charge in [-0.25, -0.2) is 4.79 Å². The first-order valence-corrected chi connectivity index (χ1v) is 13.6. The lowest BCUT2D eigenvalue weighted by atomic mass is 9.97. The number of nitrogens with one attached hydrogen (secondary N) is 2. The van der Waals surface area contributed by atoms with Gasteiger partial charge in [0.2, 0.25) is 11.8 Å². The zero-order chi connectivity index (χ0) is 27.7. The fourth-order valence-electron chi connectivity index (χ4n) is 5.34. The Hall–Kier alpha value is -3.91. The van der Waals surface area contributed by atoms with Crippen molar-refractivity contribution in [3.63, 3.8) is 0 Å². The standard InChI is InChI=1S/C31H37N5O3/c1-31(2,34(3)4)29(38)32-26(20-21-13-14-22-9-5-6-10-23(22)19-21)28(37)35-17-15-24(16-18-35)36-27-12-8-7-11-25(27)33-30(36)39/h5-14,19,24,26H,15-18,20H2,1-4H3,(H,32,38)(H,33,39)/t26-/m1/s1. The van der Waals surface area contributed by atoms with Crippen molar-refractivity contribution in [3.05, 3.63) is 82.8 Å². The fraction of sp³-hybridized carbons (Fsp3) is 0.387. The molecule has 2 amide bonds. The van der Waals surface area contributed by atoms with Crippen LogP contribution in [0.5, 0.6) is 0 Å². The van der Waals surface area contributed by atoms with Gasteiger partial charge in [-0.15, -0.1) is 0 Å². The van der Waals surface area contributed by atoms with Crippen LogP contribution < -0.4 is 11.0 Å². The number of carbonyl (C=O) groups is 2. The van der Waals surface area contributed by atoms with Gasteiger partial charge in [-0.1, -0.05) is 54.6 Å². The second-order valence-electron chi connectivity index (χ2n) is 11.2. The summed E-state index contributed by atoms with van der Waals surface area (Å²) in [6, 6.07) is 21.3. The SMILES string of the molecule is CN(C)C(C)(C)C(=O)N[C@H](Cc1ccc2ccccc2c1)C(=O)N1CCC(n2c(=O)[nH]c3ccccc32)CC1. The number of likely N-dealkylation sites (N-methyl/N-ethyl adjacent to an activating group) is 1.